The molecule has 0 saturated carbocycles. The molecule has 0 radical (unpaired) electrons. The predicted molar refractivity (Wildman–Crippen MR) is 286 cm³/mol. The molecule has 1 aliphatic heterocycles. The first-order valence-corrected chi connectivity index (χ1v) is 23.8. The average molecular weight is 869 g/mol. The molecule has 312 valence electrons. The Morgan fingerprint density at radius 1 is 0.254 bits per heavy atom. The van der Waals surface area contributed by atoms with Gasteiger partial charge in [-0.1, -0.05) is 182 Å². The van der Waals surface area contributed by atoms with E-state index in [0.717, 1.165) is 11.4 Å². The molecule has 1 aliphatic rings. The van der Waals surface area contributed by atoms with E-state index in [0.29, 0.717) is 0 Å². The summed E-state index contributed by atoms with van der Waals surface area (Å²) in [6, 6.07) is 89.6. The van der Waals surface area contributed by atoms with Crippen molar-refractivity contribution in [1.29, 1.82) is 0 Å². The second kappa shape index (κ2) is 15.1. The quantitative estimate of drug-likeness (QED) is 0.159. The summed E-state index contributed by atoms with van der Waals surface area (Å²) in [5.41, 5.74) is 14.3. The smallest absolute Gasteiger partial charge is 0.0608 e. The number of hydrogen-bond donors (Lipinski definition) is 0. The first-order chi connectivity index (χ1) is 33.2. The van der Waals surface area contributed by atoms with Crippen LogP contribution >= 0.6 is 11.8 Å². The fourth-order valence-corrected chi connectivity index (χ4v) is 11.8. The Kier molecular flexibility index (Phi) is 8.55. The van der Waals surface area contributed by atoms with Gasteiger partial charge in [-0.25, -0.2) is 0 Å². The van der Waals surface area contributed by atoms with Crippen LogP contribution in [0.2, 0.25) is 0 Å². The molecule has 0 spiro atoms. The van der Waals surface area contributed by atoms with E-state index < -0.39 is 0 Å². The van der Waals surface area contributed by atoms with Gasteiger partial charge in [-0.05, 0) is 149 Å². The lowest BCUT2D eigenvalue weighted by Crippen LogP contribution is -2.15. The molecule has 0 saturated heterocycles. The molecule has 0 aliphatic carbocycles. The summed E-state index contributed by atoms with van der Waals surface area (Å²) in [5.74, 6) is 0. The number of fused-ring (bicyclic) bond motifs is 12. The minimum Gasteiger partial charge on any atom is -0.309 e. The Balaban J connectivity index is 0.914. The van der Waals surface area contributed by atoms with Gasteiger partial charge in [-0.15, -0.1) is 0 Å². The van der Waals surface area contributed by atoms with Crippen LogP contribution in [0.15, 0.2) is 252 Å². The van der Waals surface area contributed by atoms with E-state index in [2.05, 4.69) is 252 Å². The number of nitrogens with zero attached hydrogens (tertiary/aromatic N) is 2. The molecule has 0 amide bonds. The summed E-state index contributed by atoms with van der Waals surface area (Å²) >= 11 is 1.86. The highest BCUT2D eigenvalue weighted by Crippen LogP contribution is 2.54. The number of aromatic nitrogens is 1. The first kappa shape index (κ1) is 38.0. The molecule has 0 N–H and O–H groups in total. The summed E-state index contributed by atoms with van der Waals surface area (Å²) in [6.07, 6.45) is 0. The van der Waals surface area contributed by atoms with Crippen molar-refractivity contribution in [1.82, 2.24) is 4.57 Å². The summed E-state index contributed by atoms with van der Waals surface area (Å²) in [4.78, 5) is 4.97. The lowest BCUT2D eigenvalue weighted by atomic mass is 9.92. The molecule has 2 heterocycles. The molecule has 67 heavy (non-hydrogen) atoms. The summed E-state index contributed by atoms with van der Waals surface area (Å²) in [6.45, 7) is 0. The van der Waals surface area contributed by atoms with Crippen molar-refractivity contribution < 1.29 is 0 Å². The fraction of sp³-hybridized carbons (Fsp3) is 0. The predicted octanol–water partition coefficient (Wildman–Crippen LogP) is 18.3. The fourth-order valence-electron chi connectivity index (χ4n) is 10.7. The minimum absolute atomic E-state index is 1.14. The van der Waals surface area contributed by atoms with Crippen molar-refractivity contribution in [3.8, 4) is 39.1 Å². The number of hydrogen-bond acceptors (Lipinski definition) is 2. The molecular formula is C64H40N2S. The van der Waals surface area contributed by atoms with Crippen LogP contribution in [-0.2, 0) is 0 Å². The van der Waals surface area contributed by atoms with E-state index in [1.807, 2.05) is 11.8 Å². The van der Waals surface area contributed by atoms with Gasteiger partial charge in [0.25, 0.3) is 0 Å². The normalized spacial score (nSPS) is 12.4. The highest BCUT2D eigenvalue weighted by atomic mass is 32.2. The monoisotopic (exact) mass is 868 g/mol. The second-order valence-corrected chi connectivity index (χ2v) is 18.8. The summed E-state index contributed by atoms with van der Waals surface area (Å²) in [5, 5.41) is 12.6. The highest BCUT2D eigenvalue weighted by Gasteiger charge is 2.27. The zero-order chi connectivity index (χ0) is 44.0. The maximum Gasteiger partial charge on any atom is 0.0608 e. The van der Waals surface area contributed by atoms with Gasteiger partial charge in [-0.2, -0.15) is 0 Å². The van der Waals surface area contributed by atoms with E-state index in [1.165, 1.54) is 119 Å². The van der Waals surface area contributed by atoms with Crippen molar-refractivity contribution in [3.63, 3.8) is 0 Å². The molecular weight excluding hydrogens is 829 g/mol. The topological polar surface area (TPSA) is 8.17 Å². The van der Waals surface area contributed by atoms with E-state index in [4.69, 9.17) is 0 Å². The van der Waals surface area contributed by atoms with Crippen LogP contribution < -0.4 is 4.90 Å². The van der Waals surface area contributed by atoms with Gasteiger partial charge in [0.1, 0.15) is 0 Å². The third-order valence-corrected chi connectivity index (χ3v) is 15.0. The summed E-state index contributed by atoms with van der Waals surface area (Å²) < 4.78 is 2.46. The Morgan fingerprint density at radius 2 is 0.776 bits per heavy atom. The minimum atomic E-state index is 1.14. The molecule has 12 aromatic carbocycles. The third kappa shape index (κ3) is 6.13. The van der Waals surface area contributed by atoms with Crippen LogP contribution in [0, 0.1) is 0 Å². The van der Waals surface area contributed by atoms with Crippen LogP contribution in [0.4, 0.5) is 17.1 Å². The van der Waals surface area contributed by atoms with Crippen LogP contribution in [0.1, 0.15) is 0 Å². The first-order valence-electron chi connectivity index (χ1n) is 23.0. The Hall–Kier alpha value is -8.37. The Morgan fingerprint density at radius 3 is 1.55 bits per heavy atom. The van der Waals surface area contributed by atoms with Crippen molar-refractivity contribution in [2.24, 2.45) is 0 Å². The van der Waals surface area contributed by atoms with Gasteiger partial charge in [0.05, 0.1) is 22.4 Å². The van der Waals surface area contributed by atoms with Crippen LogP contribution in [0.3, 0.4) is 0 Å². The van der Waals surface area contributed by atoms with Gasteiger partial charge in [0.2, 0.25) is 0 Å². The average Bonchev–Trinajstić information content (AvgIpc) is 3.73. The molecule has 14 rings (SSSR count). The van der Waals surface area contributed by atoms with Crippen molar-refractivity contribution in [3.05, 3.63) is 243 Å². The standard InChI is InChI=1S/C64H40N2S/c1-3-14-41(15-4-1)43-20-13-21-49(34-43)66-61-38-48(28-33-63(61)67-64-39-45-19-8-7-18-44(45)37-62(64)66)47-27-32-60-58(36-47)55-24-11-12-25-59(55)65(60)50-29-31-54-53-30-26-46(42-16-5-2-6-17-42)35-56(53)51-22-9-10-23-52(51)57(54)40-50/h1-40H. The number of anilines is 3. The molecule has 3 heteroatoms. The highest BCUT2D eigenvalue weighted by molar-refractivity contribution is 7.99. The zero-order valence-corrected chi connectivity index (χ0v) is 37.2. The molecule has 0 unspecified atom stereocenters. The number of rotatable bonds is 5. The Bertz CT molecular complexity index is 4110. The molecule has 1 aromatic heterocycles. The van der Waals surface area contributed by atoms with Crippen molar-refractivity contribution >= 4 is 93.7 Å². The lowest BCUT2D eigenvalue weighted by molar-refractivity contribution is 1.17. The van der Waals surface area contributed by atoms with Crippen molar-refractivity contribution in [2.45, 2.75) is 9.79 Å². The maximum absolute atomic E-state index is 2.47. The lowest BCUT2D eigenvalue weighted by Gasteiger charge is -2.34. The van der Waals surface area contributed by atoms with Crippen LogP contribution in [-0.4, -0.2) is 4.57 Å². The maximum atomic E-state index is 2.47. The van der Waals surface area contributed by atoms with Gasteiger partial charge >= 0.3 is 0 Å². The SMILES string of the molecule is c1ccc(-c2cccc(N3c4cc(-c5ccc6c(c5)c5ccccc5n6-c5ccc6c7ccc(-c8ccccc8)cc7c7ccccc7c6c5)ccc4Sc4cc5ccccc5cc43)c2)cc1. The van der Waals surface area contributed by atoms with E-state index >= 15 is 0 Å². The van der Waals surface area contributed by atoms with Gasteiger partial charge in [0, 0.05) is 31.9 Å². The molecule has 0 bridgehead atoms. The molecule has 13 aromatic rings. The molecule has 2 nitrogen and oxygen atoms in total. The molecule has 0 atom stereocenters. The van der Waals surface area contributed by atoms with Gasteiger partial charge in [-0.3, -0.25) is 0 Å². The summed E-state index contributed by atoms with van der Waals surface area (Å²) in [7, 11) is 0. The zero-order valence-electron chi connectivity index (χ0n) is 36.4. The number of benzene rings is 12. The van der Waals surface area contributed by atoms with E-state index in [-0.39, 0.29) is 0 Å². The molecule has 0 fully saturated rings. The third-order valence-electron chi connectivity index (χ3n) is 13.9. The van der Waals surface area contributed by atoms with E-state index in [9.17, 15) is 0 Å². The number of para-hydroxylation sites is 1. The van der Waals surface area contributed by atoms with Crippen LogP contribution in [0.25, 0.3) is 104 Å². The van der Waals surface area contributed by atoms with Gasteiger partial charge < -0.3 is 9.47 Å². The largest absolute Gasteiger partial charge is 0.309 e. The van der Waals surface area contributed by atoms with Gasteiger partial charge in [0.15, 0.2) is 0 Å². The van der Waals surface area contributed by atoms with Crippen molar-refractivity contribution in [2.75, 3.05) is 4.90 Å². The van der Waals surface area contributed by atoms with E-state index in [1.54, 1.807) is 0 Å². The second-order valence-electron chi connectivity index (χ2n) is 17.7. The Labute approximate surface area is 392 Å². The van der Waals surface area contributed by atoms with Crippen LogP contribution in [0.5, 0.6) is 0 Å².